The number of nitrogens with zero attached hydrogens (tertiary/aromatic N) is 3. The summed E-state index contributed by atoms with van der Waals surface area (Å²) in [5.74, 6) is 1.65. The average molecular weight is 311 g/mol. The number of hydrogen-bond acceptors (Lipinski definition) is 5. The molecule has 0 aliphatic heterocycles. The molecule has 0 saturated heterocycles. The van der Waals surface area contributed by atoms with Crippen LogP contribution < -0.4 is 4.74 Å². The zero-order valence-electron chi connectivity index (χ0n) is 12.8. The summed E-state index contributed by atoms with van der Waals surface area (Å²) in [5.41, 5.74) is 3.16. The first-order chi connectivity index (χ1) is 10.7. The van der Waals surface area contributed by atoms with Gasteiger partial charge in [-0.15, -0.1) is 5.10 Å². The summed E-state index contributed by atoms with van der Waals surface area (Å²) in [4.78, 5) is 4.53. The number of hydrogen-bond donors (Lipinski definition) is 0. The zero-order valence-corrected chi connectivity index (χ0v) is 13.6. The molecule has 112 valence electrons. The monoisotopic (exact) mass is 311 g/mol. The van der Waals surface area contributed by atoms with Crippen molar-refractivity contribution in [1.82, 2.24) is 15.2 Å². The quantitative estimate of drug-likeness (QED) is 0.683. The standard InChI is InChI=1S/C17H17N3OS/c1-11-8-18-15(12(2)16(11)21-3)10-22-17-14-7-5-4-6-13(14)9-19-20-17/h4-9H,10H2,1-3H3. The lowest BCUT2D eigenvalue weighted by Gasteiger charge is -2.12. The molecule has 0 radical (unpaired) electrons. The molecule has 22 heavy (non-hydrogen) atoms. The topological polar surface area (TPSA) is 47.9 Å². The van der Waals surface area contributed by atoms with Crippen molar-refractivity contribution in [3.63, 3.8) is 0 Å². The molecule has 4 nitrogen and oxygen atoms in total. The fourth-order valence-electron chi connectivity index (χ4n) is 2.46. The number of fused-ring (bicyclic) bond motifs is 1. The van der Waals surface area contributed by atoms with Crippen molar-refractivity contribution in [3.8, 4) is 5.75 Å². The van der Waals surface area contributed by atoms with Gasteiger partial charge in [-0.1, -0.05) is 36.0 Å². The van der Waals surface area contributed by atoms with Gasteiger partial charge >= 0.3 is 0 Å². The number of rotatable bonds is 4. The van der Waals surface area contributed by atoms with Gasteiger partial charge in [-0.3, -0.25) is 4.98 Å². The van der Waals surface area contributed by atoms with Gasteiger partial charge in [-0.25, -0.2) is 0 Å². The molecule has 0 N–H and O–H groups in total. The van der Waals surface area contributed by atoms with E-state index in [4.69, 9.17) is 4.74 Å². The number of ether oxygens (including phenoxy) is 1. The van der Waals surface area contributed by atoms with Gasteiger partial charge in [0.2, 0.25) is 0 Å². The highest BCUT2D eigenvalue weighted by Crippen LogP contribution is 2.30. The van der Waals surface area contributed by atoms with Crippen molar-refractivity contribution in [2.75, 3.05) is 7.11 Å². The van der Waals surface area contributed by atoms with Crippen LogP contribution in [0.2, 0.25) is 0 Å². The van der Waals surface area contributed by atoms with Crippen molar-refractivity contribution < 1.29 is 4.74 Å². The van der Waals surface area contributed by atoms with E-state index in [2.05, 4.69) is 21.2 Å². The van der Waals surface area contributed by atoms with Crippen LogP contribution in [-0.4, -0.2) is 22.3 Å². The summed E-state index contributed by atoms with van der Waals surface area (Å²) in [6.45, 7) is 4.05. The Morgan fingerprint density at radius 2 is 1.95 bits per heavy atom. The molecular formula is C17H17N3OS. The van der Waals surface area contributed by atoms with Crippen molar-refractivity contribution >= 4 is 22.5 Å². The van der Waals surface area contributed by atoms with Crippen LogP contribution in [0.15, 0.2) is 41.7 Å². The van der Waals surface area contributed by atoms with E-state index in [1.165, 1.54) is 0 Å². The van der Waals surface area contributed by atoms with E-state index in [-0.39, 0.29) is 0 Å². The minimum Gasteiger partial charge on any atom is -0.496 e. The summed E-state index contributed by atoms with van der Waals surface area (Å²) in [7, 11) is 1.70. The number of aromatic nitrogens is 3. The van der Waals surface area contributed by atoms with E-state index >= 15 is 0 Å². The third kappa shape index (κ3) is 2.76. The van der Waals surface area contributed by atoms with Crippen LogP contribution in [0.1, 0.15) is 16.8 Å². The molecule has 1 aromatic carbocycles. The van der Waals surface area contributed by atoms with E-state index in [0.29, 0.717) is 0 Å². The molecule has 0 spiro atoms. The molecule has 2 aromatic heterocycles. The first-order valence-corrected chi connectivity index (χ1v) is 8.01. The minimum absolute atomic E-state index is 0.741. The van der Waals surface area contributed by atoms with Gasteiger partial charge < -0.3 is 4.74 Å². The van der Waals surface area contributed by atoms with Gasteiger partial charge in [0.25, 0.3) is 0 Å². The molecule has 0 amide bonds. The third-order valence-electron chi connectivity index (χ3n) is 3.63. The van der Waals surface area contributed by atoms with Crippen LogP contribution in [0, 0.1) is 13.8 Å². The SMILES string of the molecule is COc1c(C)cnc(CSc2nncc3ccccc23)c1C. The van der Waals surface area contributed by atoms with Gasteiger partial charge in [0, 0.05) is 33.8 Å². The molecule has 0 saturated carbocycles. The smallest absolute Gasteiger partial charge is 0.128 e. The highest BCUT2D eigenvalue weighted by atomic mass is 32.2. The first-order valence-electron chi connectivity index (χ1n) is 7.03. The van der Waals surface area contributed by atoms with Gasteiger partial charge in [-0.05, 0) is 13.8 Å². The number of methoxy groups -OCH3 is 1. The van der Waals surface area contributed by atoms with Crippen LogP contribution >= 0.6 is 11.8 Å². The van der Waals surface area contributed by atoms with Crippen molar-refractivity contribution in [3.05, 3.63) is 53.5 Å². The summed E-state index contributed by atoms with van der Waals surface area (Å²) < 4.78 is 5.46. The number of thioether (sulfide) groups is 1. The molecule has 0 atom stereocenters. The second-order valence-corrected chi connectivity index (χ2v) is 6.04. The van der Waals surface area contributed by atoms with Gasteiger partial charge in [0.1, 0.15) is 10.8 Å². The van der Waals surface area contributed by atoms with Crippen molar-refractivity contribution in [1.29, 1.82) is 0 Å². The van der Waals surface area contributed by atoms with E-state index in [9.17, 15) is 0 Å². The van der Waals surface area contributed by atoms with Crippen LogP contribution in [0.25, 0.3) is 10.8 Å². The molecule has 0 fully saturated rings. The zero-order chi connectivity index (χ0) is 15.5. The molecule has 0 unspecified atom stereocenters. The summed E-state index contributed by atoms with van der Waals surface area (Å²) in [6.07, 6.45) is 3.65. The normalized spacial score (nSPS) is 10.9. The molecular weight excluding hydrogens is 294 g/mol. The van der Waals surface area contributed by atoms with Gasteiger partial charge in [0.15, 0.2) is 0 Å². The summed E-state index contributed by atoms with van der Waals surface area (Å²) >= 11 is 1.65. The van der Waals surface area contributed by atoms with Crippen LogP contribution in [-0.2, 0) is 5.75 Å². The molecule has 3 aromatic rings. The average Bonchev–Trinajstić information content (AvgIpc) is 2.54. The third-order valence-corrected chi connectivity index (χ3v) is 4.62. The predicted molar refractivity (Wildman–Crippen MR) is 89.4 cm³/mol. The Kier molecular flexibility index (Phi) is 4.24. The second kappa shape index (κ2) is 6.32. The Morgan fingerprint density at radius 1 is 1.14 bits per heavy atom. The van der Waals surface area contributed by atoms with E-state index in [0.717, 1.165) is 44.1 Å². The Bertz CT molecular complexity index is 815. The molecule has 0 aliphatic rings. The van der Waals surface area contributed by atoms with Crippen molar-refractivity contribution in [2.24, 2.45) is 0 Å². The first kappa shape index (κ1) is 14.8. The summed E-state index contributed by atoms with van der Waals surface area (Å²) in [5, 5.41) is 11.5. The highest BCUT2D eigenvalue weighted by molar-refractivity contribution is 7.98. The summed E-state index contributed by atoms with van der Waals surface area (Å²) in [6, 6.07) is 8.15. The van der Waals surface area contributed by atoms with Gasteiger partial charge in [-0.2, -0.15) is 5.10 Å². The molecule has 0 aliphatic carbocycles. The van der Waals surface area contributed by atoms with E-state index in [1.807, 2.05) is 38.2 Å². The second-order valence-electron chi connectivity index (χ2n) is 5.07. The van der Waals surface area contributed by atoms with Crippen LogP contribution in [0.3, 0.4) is 0 Å². The van der Waals surface area contributed by atoms with Gasteiger partial charge in [0.05, 0.1) is 19.0 Å². The lowest BCUT2D eigenvalue weighted by atomic mass is 10.1. The molecule has 0 bridgehead atoms. The van der Waals surface area contributed by atoms with E-state index in [1.54, 1.807) is 25.1 Å². The Labute approximate surface area is 133 Å². The largest absolute Gasteiger partial charge is 0.496 e. The lowest BCUT2D eigenvalue weighted by Crippen LogP contribution is -1.99. The highest BCUT2D eigenvalue weighted by Gasteiger charge is 2.11. The Balaban J connectivity index is 1.89. The lowest BCUT2D eigenvalue weighted by molar-refractivity contribution is 0.407. The maximum Gasteiger partial charge on any atom is 0.128 e. The number of pyridine rings is 1. The van der Waals surface area contributed by atoms with Crippen LogP contribution in [0.4, 0.5) is 0 Å². The predicted octanol–water partition coefficient (Wildman–Crippen LogP) is 3.94. The fraction of sp³-hybridized carbons (Fsp3) is 0.235. The van der Waals surface area contributed by atoms with Crippen molar-refractivity contribution in [2.45, 2.75) is 24.6 Å². The van der Waals surface area contributed by atoms with E-state index < -0.39 is 0 Å². The number of benzene rings is 1. The molecule has 5 heteroatoms. The minimum atomic E-state index is 0.741. The number of aryl methyl sites for hydroxylation is 1. The Morgan fingerprint density at radius 3 is 2.77 bits per heavy atom. The fourth-order valence-corrected chi connectivity index (χ4v) is 3.47. The maximum atomic E-state index is 5.46. The molecule has 2 heterocycles. The molecule has 3 rings (SSSR count). The Hall–Kier alpha value is -2.14. The van der Waals surface area contributed by atoms with Crippen LogP contribution in [0.5, 0.6) is 5.75 Å². The maximum absolute atomic E-state index is 5.46.